The fourth-order valence-electron chi connectivity index (χ4n) is 7.66. The molecule has 0 amide bonds. The van der Waals surface area contributed by atoms with Crippen molar-refractivity contribution < 1.29 is 54.9 Å². The molecule has 58 heavy (non-hydrogen) atoms. The van der Waals surface area contributed by atoms with E-state index in [1.165, 1.54) is 25.3 Å². The Balaban J connectivity index is 0.000000221. The molecule has 0 aliphatic heterocycles. The molecular formula is C44H48F6N2O6. The summed E-state index contributed by atoms with van der Waals surface area (Å²) in [4.78, 5) is 32.1. The van der Waals surface area contributed by atoms with Gasteiger partial charge in [-0.05, 0) is 146 Å². The van der Waals surface area contributed by atoms with Crippen molar-refractivity contribution in [3.05, 3.63) is 118 Å². The largest absolute Gasteiger partial charge is 0.493 e. The van der Waals surface area contributed by atoms with Crippen molar-refractivity contribution in [2.75, 3.05) is 27.4 Å². The number of alkyl halides is 6. The highest BCUT2D eigenvalue weighted by molar-refractivity contribution is 5.91. The molecule has 0 unspecified atom stereocenters. The van der Waals surface area contributed by atoms with Crippen LogP contribution in [0.3, 0.4) is 0 Å². The van der Waals surface area contributed by atoms with Crippen LogP contribution in [0.2, 0.25) is 0 Å². The standard InChI is InChI=1S/2C22H24F3NO3/c2*1-28-21(27)20-9-11-26-14-17(20)6-5-15-3-2-4-16-13-18(7-8-19(15)16)29-12-10-22(23,24)25/h2*7-9,11,13-15H,2-6,10,12H2,1H3/t2*15-/m10/s1. The van der Waals surface area contributed by atoms with Gasteiger partial charge in [0.1, 0.15) is 11.5 Å². The van der Waals surface area contributed by atoms with Crippen LogP contribution in [0, 0.1) is 0 Å². The number of hydrogen-bond acceptors (Lipinski definition) is 8. The maximum Gasteiger partial charge on any atom is 0.392 e. The van der Waals surface area contributed by atoms with E-state index in [2.05, 4.69) is 9.97 Å². The molecule has 6 rings (SSSR count). The number of aryl methyl sites for hydroxylation is 4. The normalized spacial score (nSPS) is 16.2. The zero-order chi connectivity index (χ0) is 41.7. The maximum atomic E-state index is 12.3. The van der Waals surface area contributed by atoms with Crippen molar-refractivity contribution in [2.24, 2.45) is 0 Å². The lowest BCUT2D eigenvalue weighted by atomic mass is 9.79. The van der Waals surface area contributed by atoms with Crippen LogP contribution in [0.5, 0.6) is 11.5 Å². The highest BCUT2D eigenvalue weighted by Crippen LogP contribution is 2.38. The van der Waals surface area contributed by atoms with Gasteiger partial charge in [0.05, 0.1) is 51.4 Å². The van der Waals surface area contributed by atoms with Crippen LogP contribution in [-0.4, -0.2) is 61.7 Å². The zero-order valence-corrected chi connectivity index (χ0v) is 32.6. The number of ether oxygens (including phenoxy) is 4. The minimum absolute atomic E-state index is 0.327. The first-order valence-corrected chi connectivity index (χ1v) is 19.4. The monoisotopic (exact) mass is 814 g/mol. The highest BCUT2D eigenvalue weighted by atomic mass is 19.4. The van der Waals surface area contributed by atoms with Gasteiger partial charge in [0.15, 0.2) is 0 Å². The Morgan fingerprint density at radius 2 is 1.05 bits per heavy atom. The number of esters is 2. The number of carbonyl (C=O) groups is 2. The summed E-state index contributed by atoms with van der Waals surface area (Å²) in [6.07, 6.45) is 5.21. The molecule has 2 aromatic carbocycles. The summed E-state index contributed by atoms with van der Waals surface area (Å²) in [5, 5.41) is 0. The van der Waals surface area contributed by atoms with E-state index in [1.807, 2.05) is 24.3 Å². The first-order chi connectivity index (χ1) is 27.7. The van der Waals surface area contributed by atoms with Crippen molar-refractivity contribution in [3.8, 4) is 11.5 Å². The molecule has 0 saturated carbocycles. The molecule has 8 nitrogen and oxygen atoms in total. The fraction of sp³-hybridized carbons (Fsp3) is 0.455. The third-order valence-corrected chi connectivity index (χ3v) is 10.6. The lowest BCUT2D eigenvalue weighted by Gasteiger charge is -2.26. The lowest BCUT2D eigenvalue weighted by molar-refractivity contribution is -0.140. The number of aromatic nitrogens is 2. The second kappa shape index (κ2) is 20.5. The van der Waals surface area contributed by atoms with E-state index in [1.54, 1.807) is 49.1 Å². The summed E-state index contributed by atoms with van der Waals surface area (Å²) in [5.74, 6) is 0.879. The first kappa shape index (κ1) is 44.0. The highest BCUT2D eigenvalue weighted by Gasteiger charge is 2.29. The van der Waals surface area contributed by atoms with Gasteiger partial charge >= 0.3 is 24.3 Å². The van der Waals surface area contributed by atoms with Crippen LogP contribution in [-0.2, 0) is 35.2 Å². The van der Waals surface area contributed by atoms with E-state index in [9.17, 15) is 35.9 Å². The van der Waals surface area contributed by atoms with Crippen LogP contribution in [0.25, 0.3) is 0 Å². The minimum atomic E-state index is -4.21. The van der Waals surface area contributed by atoms with Crippen molar-refractivity contribution in [2.45, 2.75) is 101 Å². The molecule has 0 spiro atoms. The number of rotatable bonds is 14. The Labute approximate surface area is 334 Å². The number of benzene rings is 2. The third-order valence-electron chi connectivity index (χ3n) is 10.6. The SMILES string of the molecule is COC(=O)c1ccncc1CC[C@@H]1CCCc2cc(OCCC(F)(F)F)ccc21.COC(=O)c1ccncc1CC[C@H]1CCCc2cc(OCCC(F)(F)F)ccc21. The molecule has 0 radical (unpaired) electrons. The fourth-order valence-corrected chi connectivity index (χ4v) is 7.66. The minimum Gasteiger partial charge on any atom is -0.493 e. The number of hydrogen-bond donors (Lipinski definition) is 0. The topological polar surface area (TPSA) is 96.8 Å². The van der Waals surface area contributed by atoms with Crippen molar-refractivity contribution in [3.63, 3.8) is 0 Å². The second-order valence-electron chi connectivity index (χ2n) is 14.5. The van der Waals surface area contributed by atoms with E-state index in [4.69, 9.17) is 18.9 Å². The molecule has 2 atom stereocenters. The van der Waals surface area contributed by atoms with Gasteiger partial charge in [-0.25, -0.2) is 9.59 Å². The molecule has 2 heterocycles. The van der Waals surface area contributed by atoms with E-state index in [0.717, 1.165) is 73.6 Å². The second-order valence-corrected chi connectivity index (χ2v) is 14.5. The number of fused-ring (bicyclic) bond motifs is 2. The Morgan fingerprint density at radius 3 is 1.43 bits per heavy atom. The molecule has 2 aliphatic rings. The molecule has 0 saturated heterocycles. The summed E-state index contributed by atoms with van der Waals surface area (Å²) >= 11 is 0. The summed E-state index contributed by atoms with van der Waals surface area (Å²) in [6.45, 7) is -0.744. The van der Waals surface area contributed by atoms with Gasteiger partial charge < -0.3 is 18.9 Å². The van der Waals surface area contributed by atoms with E-state index in [-0.39, 0.29) is 25.2 Å². The lowest BCUT2D eigenvalue weighted by Crippen LogP contribution is -2.14. The van der Waals surface area contributed by atoms with Crippen LogP contribution >= 0.6 is 0 Å². The van der Waals surface area contributed by atoms with Gasteiger partial charge in [-0.15, -0.1) is 0 Å². The molecule has 0 N–H and O–H groups in total. The Morgan fingerprint density at radius 1 is 0.638 bits per heavy atom. The molecule has 312 valence electrons. The summed E-state index contributed by atoms with van der Waals surface area (Å²) in [5.41, 5.74) is 7.47. The molecule has 14 heteroatoms. The van der Waals surface area contributed by atoms with Crippen molar-refractivity contribution in [1.29, 1.82) is 0 Å². The summed E-state index contributed by atoms with van der Waals surface area (Å²) in [6, 6.07) is 14.5. The number of nitrogens with zero attached hydrogens (tertiary/aromatic N) is 2. The molecule has 2 aromatic heterocycles. The molecule has 2 aliphatic carbocycles. The van der Waals surface area contributed by atoms with Gasteiger partial charge in [0, 0.05) is 24.8 Å². The van der Waals surface area contributed by atoms with Gasteiger partial charge in [-0.3, -0.25) is 9.97 Å². The predicted molar refractivity (Wildman–Crippen MR) is 204 cm³/mol. The van der Waals surface area contributed by atoms with Crippen molar-refractivity contribution >= 4 is 11.9 Å². The van der Waals surface area contributed by atoms with Crippen molar-refractivity contribution in [1.82, 2.24) is 9.97 Å². The Kier molecular flexibility index (Phi) is 15.6. The number of pyridine rings is 2. The van der Waals surface area contributed by atoms with Gasteiger partial charge in [0.25, 0.3) is 0 Å². The van der Waals surface area contributed by atoms with E-state index in [0.29, 0.717) is 47.3 Å². The van der Waals surface area contributed by atoms with Crippen LogP contribution in [0.15, 0.2) is 73.3 Å². The molecule has 0 fully saturated rings. The zero-order valence-electron chi connectivity index (χ0n) is 32.6. The van der Waals surface area contributed by atoms with E-state index >= 15 is 0 Å². The summed E-state index contributed by atoms with van der Waals surface area (Å²) in [7, 11) is 2.72. The number of methoxy groups -OCH3 is 2. The van der Waals surface area contributed by atoms with Gasteiger partial charge in [-0.2, -0.15) is 26.3 Å². The van der Waals surface area contributed by atoms with Gasteiger partial charge in [-0.1, -0.05) is 12.1 Å². The number of halogens is 6. The Hall–Kier alpha value is -5.14. The van der Waals surface area contributed by atoms with Crippen LogP contribution in [0.4, 0.5) is 26.3 Å². The van der Waals surface area contributed by atoms with Gasteiger partial charge in [0.2, 0.25) is 0 Å². The predicted octanol–water partition coefficient (Wildman–Crippen LogP) is 10.5. The van der Waals surface area contributed by atoms with Crippen LogP contribution in [0.1, 0.15) is 117 Å². The quantitative estimate of drug-likeness (QED) is 0.0917. The maximum absolute atomic E-state index is 12.3. The average molecular weight is 815 g/mol. The third kappa shape index (κ3) is 12.9. The number of carbonyl (C=O) groups excluding carboxylic acids is 2. The first-order valence-electron chi connectivity index (χ1n) is 19.4. The molecule has 4 aromatic rings. The Bertz CT molecular complexity index is 1840. The van der Waals surface area contributed by atoms with Crippen LogP contribution < -0.4 is 9.47 Å². The molecular weight excluding hydrogens is 766 g/mol. The molecule has 0 bridgehead atoms. The smallest absolute Gasteiger partial charge is 0.392 e. The van der Waals surface area contributed by atoms with E-state index < -0.39 is 25.2 Å². The average Bonchev–Trinajstić information content (AvgIpc) is 3.21. The summed E-state index contributed by atoms with van der Waals surface area (Å²) < 4.78 is 94.0.